The summed E-state index contributed by atoms with van der Waals surface area (Å²) in [5.74, 6) is 3.46. The third-order valence-electron chi connectivity index (χ3n) is 5.80. The van der Waals surface area contributed by atoms with Crippen LogP contribution in [0.1, 0.15) is 11.1 Å². The van der Waals surface area contributed by atoms with Crippen LogP contribution < -0.4 is 23.7 Å². The Morgan fingerprint density at radius 2 is 1.78 bits per heavy atom. The van der Waals surface area contributed by atoms with Gasteiger partial charge in [-0.2, -0.15) is 0 Å². The van der Waals surface area contributed by atoms with Crippen LogP contribution in [-0.4, -0.2) is 69.0 Å². The molecule has 1 amide bonds. The van der Waals surface area contributed by atoms with Gasteiger partial charge in [-0.3, -0.25) is 9.69 Å². The average Bonchev–Trinajstić information content (AvgIpc) is 3.30. The molecular weight excluding hydrogens is 412 g/mol. The third kappa shape index (κ3) is 4.31. The molecule has 0 bridgehead atoms. The van der Waals surface area contributed by atoms with Crippen LogP contribution in [0.5, 0.6) is 28.7 Å². The van der Waals surface area contributed by atoms with E-state index in [-0.39, 0.29) is 12.7 Å². The van der Waals surface area contributed by atoms with E-state index in [0.29, 0.717) is 43.6 Å². The normalized spacial score (nSPS) is 17.6. The molecule has 8 nitrogen and oxygen atoms in total. The fraction of sp³-hybridized carbons (Fsp3) is 0.375. The quantitative estimate of drug-likeness (QED) is 0.665. The minimum atomic E-state index is 0.00147. The van der Waals surface area contributed by atoms with Crippen LogP contribution in [-0.2, 0) is 11.3 Å². The van der Waals surface area contributed by atoms with E-state index in [2.05, 4.69) is 11.0 Å². The largest absolute Gasteiger partial charge is 0.493 e. The van der Waals surface area contributed by atoms with Crippen molar-refractivity contribution in [1.82, 2.24) is 9.80 Å². The lowest BCUT2D eigenvalue weighted by Gasteiger charge is -2.34. The number of amides is 1. The number of hydrogen-bond acceptors (Lipinski definition) is 7. The van der Waals surface area contributed by atoms with E-state index in [9.17, 15) is 4.79 Å². The number of ether oxygens (including phenoxy) is 5. The molecular formula is C24H26N2O6. The maximum atomic E-state index is 12.7. The van der Waals surface area contributed by atoms with E-state index >= 15 is 0 Å². The first-order chi connectivity index (χ1) is 15.7. The summed E-state index contributed by atoms with van der Waals surface area (Å²) in [6.45, 7) is 5.14. The highest BCUT2D eigenvalue weighted by Gasteiger charge is 2.22. The molecule has 1 fully saturated rings. The van der Waals surface area contributed by atoms with Gasteiger partial charge in [-0.1, -0.05) is 6.07 Å². The van der Waals surface area contributed by atoms with E-state index in [1.807, 2.05) is 29.2 Å². The number of benzene rings is 2. The highest BCUT2D eigenvalue weighted by atomic mass is 16.7. The minimum Gasteiger partial charge on any atom is -0.493 e. The van der Waals surface area contributed by atoms with Crippen molar-refractivity contribution < 1.29 is 28.5 Å². The number of carbonyl (C=O) groups is 1. The summed E-state index contributed by atoms with van der Waals surface area (Å²) < 4.78 is 27.5. The first-order valence-corrected chi connectivity index (χ1v) is 10.7. The molecule has 8 heteroatoms. The lowest BCUT2D eigenvalue weighted by molar-refractivity contribution is -0.127. The topological polar surface area (TPSA) is 69.7 Å². The van der Waals surface area contributed by atoms with Crippen molar-refractivity contribution >= 4 is 12.0 Å². The van der Waals surface area contributed by atoms with Crippen molar-refractivity contribution in [2.75, 3.05) is 53.3 Å². The van der Waals surface area contributed by atoms with Crippen LogP contribution in [0, 0.1) is 0 Å². The van der Waals surface area contributed by atoms with Crippen molar-refractivity contribution in [3.8, 4) is 28.7 Å². The van der Waals surface area contributed by atoms with Gasteiger partial charge in [0.15, 0.2) is 23.0 Å². The van der Waals surface area contributed by atoms with E-state index in [4.69, 9.17) is 23.7 Å². The molecule has 32 heavy (non-hydrogen) atoms. The Labute approximate surface area is 186 Å². The molecule has 5 rings (SSSR count). The molecule has 2 aromatic carbocycles. The van der Waals surface area contributed by atoms with Crippen LogP contribution in [0.2, 0.25) is 0 Å². The number of hydrogen-bond donors (Lipinski definition) is 0. The van der Waals surface area contributed by atoms with Gasteiger partial charge in [-0.25, -0.2) is 0 Å². The van der Waals surface area contributed by atoms with E-state index in [1.165, 1.54) is 5.56 Å². The van der Waals surface area contributed by atoms with Gasteiger partial charge in [0.05, 0.1) is 7.11 Å². The standard InChI is InChI=1S/C24H26N2O6/c1-28-21-12-17(13-22-24(21)30-11-10-29-22)3-5-23(27)26-8-6-25(7-9-26)15-18-2-4-19-20(14-18)32-16-31-19/h2-5,12-14H,6-11,15-16H2,1H3. The lowest BCUT2D eigenvalue weighted by Crippen LogP contribution is -2.47. The second kappa shape index (κ2) is 9.00. The van der Waals surface area contributed by atoms with Crippen LogP contribution in [0.15, 0.2) is 36.4 Å². The highest BCUT2D eigenvalue weighted by Crippen LogP contribution is 2.40. The number of methoxy groups -OCH3 is 1. The zero-order valence-corrected chi connectivity index (χ0v) is 18.0. The SMILES string of the molecule is COc1cc(C=CC(=O)N2CCN(Cc3ccc4c(c3)OCO4)CC2)cc2c1OCCO2. The molecule has 1 saturated heterocycles. The first kappa shape index (κ1) is 20.5. The minimum absolute atomic E-state index is 0.00147. The fourth-order valence-corrected chi connectivity index (χ4v) is 4.09. The maximum absolute atomic E-state index is 12.7. The van der Waals surface area contributed by atoms with E-state index < -0.39 is 0 Å². The predicted molar refractivity (Wildman–Crippen MR) is 117 cm³/mol. The Bertz CT molecular complexity index is 1010. The molecule has 3 aliphatic rings. The van der Waals surface area contributed by atoms with Gasteiger partial charge >= 0.3 is 0 Å². The van der Waals surface area contributed by atoms with Crippen LogP contribution in [0.4, 0.5) is 0 Å². The summed E-state index contributed by atoms with van der Waals surface area (Å²) in [6, 6.07) is 9.76. The molecule has 0 atom stereocenters. The van der Waals surface area contributed by atoms with Gasteiger partial charge in [0, 0.05) is 38.8 Å². The van der Waals surface area contributed by atoms with Crippen molar-refractivity contribution in [3.05, 3.63) is 47.5 Å². The Balaban J connectivity index is 1.17. The van der Waals surface area contributed by atoms with Crippen LogP contribution >= 0.6 is 0 Å². The number of piperazine rings is 1. The second-order valence-corrected chi connectivity index (χ2v) is 7.87. The molecule has 0 aromatic heterocycles. The number of carbonyl (C=O) groups excluding carboxylic acids is 1. The summed E-state index contributed by atoms with van der Waals surface area (Å²) >= 11 is 0. The van der Waals surface area contributed by atoms with Gasteiger partial charge in [0.25, 0.3) is 0 Å². The zero-order chi connectivity index (χ0) is 21.9. The molecule has 0 spiro atoms. The summed E-state index contributed by atoms with van der Waals surface area (Å²) in [5, 5.41) is 0. The van der Waals surface area contributed by atoms with Gasteiger partial charge < -0.3 is 28.6 Å². The summed E-state index contributed by atoms with van der Waals surface area (Å²) in [5.41, 5.74) is 2.02. The maximum Gasteiger partial charge on any atom is 0.246 e. The molecule has 0 radical (unpaired) electrons. The molecule has 3 aliphatic heterocycles. The predicted octanol–water partition coefficient (Wildman–Crippen LogP) is 2.55. The fourth-order valence-electron chi connectivity index (χ4n) is 4.09. The van der Waals surface area contributed by atoms with E-state index in [1.54, 1.807) is 19.3 Å². The Kier molecular flexibility index (Phi) is 5.77. The van der Waals surface area contributed by atoms with Gasteiger partial charge in [-0.15, -0.1) is 0 Å². The number of rotatable bonds is 5. The zero-order valence-electron chi connectivity index (χ0n) is 18.0. The van der Waals surface area contributed by atoms with Gasteiger partial charge in [0.2, 0.25) is 18.4 Å². The van der Waals surface area contributed by atoms with E-state index in [0.717, 1.165) is 36.7 Å². The monoisotopic (exact) mass is 438 g/mol. The number of nitrogens with zero attached hydrogens (tertiary/aromatic N) is 2. The highest BCUT2D eigenvalue weighted by molar-refractivity contribution is 5.92. The molecule has 3 heterocycles. The molecule has 0 unspecified atom stereocenters. The van der Waals surface area contributed by atoms with Gasteiger partial charge in [0.1, 0.15) is 13.2 Å². The summed E-state index contributed by atoms with van der Waals surface area (Å²) in [7, 11) is 1.59. The molecule has 0 aliphatic carbocycles. The average molecular weight is 438 g/mol. The van der Waals surface area contributed by atoms with Gasteiger partial charge in [-0.05, 0) is 41.5 Å². The Morgan fingerprint density at radius 3 is 2.62 bits per heavy atom. The third-order valence-corrected chi connectivity index (χ3v) is 5.80. The van der Waals surface area contributed by atoms with Crippen molar-refractivity contribution in [1.29, 1.82) is 0 Å². The molecule has 0 N–H and O–H groups in total. The smallest absolute Gasteiger partial charge is 0.246 e. The molecule has 168 valence electrons. The molecule has 0 saturated carbocycles. The lowest BCUT2D eigenvalue weighted by atomic mass is 10.1. The Morgan fingerprint density at radius 1 is 0.969 bits per heavy atom. The Hall–Kier alpha value is -3.39. The second-order valence-electron chi connectivity index (χ2n) is 7.87. The molecule has 2 aromatic rings. The van der Waals surface area contributed by atoms with Crippen LogP contribution in [0.3, 0.4) is 0 Å². The number of fused-ring (bicyclic) bond motifs is 2. The summed E-state index contributed by atoms with van der Waals surface area (Å²) in [4.78, 5) is 16.9. The van der Waals surface area contributed by atoms with Crippen LogP contribution in [0.25, 0.3) is 6.08 Å². The van der Waals surface area contributed by atoms with Crippen molar-refractivity contribution in [3.63, 3.8) is 0 Å². The van der Waals surface area contributed by atoms with Crippen molar-refractivity contribution in [2.24, 2.45) is 0 Å². The first-order valence-electron chi connectivity index (χ1n) is 10.7. The summed E-state index contributed by atoms with van der Waals surface area (Å²) in [6.07, 6.45) is 3.40. The van der Waals surface area contributed by atoms with Crippen molar-refractivity contribution in [2.45, 2.75) is 6.54 Å².